The van der Waals surface area contributed by atoms with E-state index < -0.39 is 0 Å². The maximum Gasteiger partial charge on any atom is 0.257 e. The van der Waals surface area contributed by atoms with Crippen LogP contribution < -0.4 is 15.4 Å². The first-order valence-corrected chi connectivity index (χ1v) is 7.88. The third-order valence-corrected chi connectivity index (χ3v) is 3.46. The van der Waals surface area contributed by atoms with Gasteiger partial charge in [-0.3, -0.25) is 4.79 Å². The van der Waals surface area contributed by atoms with Gasteiger partial charge in [-0.25, -0.2) is 4.98 Å². The lowest BCUT2D eigenvalue weighted by atomic mass is 10.2. The zero-order chi connectivity index (χ0) is 16.5. The molecule has 0 unspecified atom stereocenters. The average molecular weight is 313 g/mol. The van der Waals surface area contributed by atoms with Crippen LogP contribution >= 0.6 is 0 Å². The average Bonchev–Trinajstić information content (AvgIpc) is 2.60. The van der Waals surface area contributed by atoms with Crippen LogP contribution in [0, 0.1) is 0 Å². The minimum absolute atomic E-state index is 0.180. The van der Waals surface area contributed by atoms with Crippen molar-refractivity contribution in [2.75, 3.05) is 24.3 Å². The van der Waals surface area contributed by atoms with Crippen LogP contribution in [-0.2, 0) is 0 Å². The Kier molecular flexibility index (Phi) is 6.41. The summed E-state index contributed by atoms with van der Waals surface area (Å²) in [5, 5.41) is 6.09. The number of hydrogen-bond donors (Lipinski definition) is 2. The van der Waals surface area contributed by atoms with Crippen LogP contribution in [-0.4, -0.2) is 24.5 Å². The molecule has 0 radical (unpaired) electrons. The summed E-state index contributed by atoms with van der Waals surface area (Å²) in [5.41, 5.74) is 1.25. The molecular formula is C18H23N3O2. The van der Waals surface area contributed by atoms with Gasteiger partial charge in [0, 0.05) is 18.4 Å². The van der Waals surface area contributed by atoms with E-state index in [1.807, 2.05) is 6.07 Å². The van der Waals surface area contributed by atoms with Gasteiger partial charge >= 0.3 is 0 Å². The highest BCUT2D eigenvalue weighted by atomic mass is 16.5. The molecule has 2 rings (SSSR count). The first-order valence-electron chi connectivity index (χ1n) is 7.88. The smallest absolute Gasteiger partial charge is 0.257 e. The SMILES string of the molecule is CCCCCNc1ccc(C(=O)Nc2ccc(OC)cc2)cn1. The highest BCUT2D eigenvalue weighted by Crippen LogP contribution is 2.16. The number of nitrogens with zero attached hydrogens (tertiary/aromatic N) is 1. The predicted molar refractivity (Wildman–Crippen MR) is 93.2 cm³/mol. The summed E-state index contributed by atoms with van der Waals surface area (Å²) in [7, 11) is 1.61. The van der Waals surface area contributed by atoms with Gasteiger partial charge in [-0.05, 0) is 42.8 Å². The Morgan fingerprint density at radius 2 is 1.91 bits per heavy atom. The number of aromatic nitrogens is 1. The lowest BCUT2D eigenvalue weighted by Gasteiger charge is -2.08. The number of anilines is 2. The van der Waals surface area contributed by atoms with Crippen molar-refractivity contribution in [3.63, 3.8) is 0 Å². The van der Waals surface area contributed by atoms with Crippen LogP contribution in [0.25, 0.3) is 0 Å². The van der Waals surface area contributed by atoms with Crippen molar-refractivity contribution in [1.82, 2.24) is 4.98 Å². The molecule has 1 aromatic heterocycles. The topological polar surface area (TPSA) is 63.2 Å². The number of carbonyl (C=O) groups excluding carboxylic acids is 1. The third-order valence-electron chi connectivity index (χ3n) is 3.46. The van der Waals surface area contributed by atoms with Gasteiger partial charge in [0.05, 0.1) is 12.7 Å². The van der Waals surface area contributed by atoms with Gasteiger partial charge in [0.1, 0.15) is 11.6 Å². The number of carbonyl (C=O) groups is 1. The summed E-state index contributed by atoms with van der Waals surface area (Å²) >= 11 is 0. The lowest BCUT2D eigenvalue weighted by molar-refractivity contribution is 0.102. The molecule has 0 aliphatic carbocycles. The fraction of sp³-hybridized carbons (Fsp3) is 0.333. The van der Waals surface area contributed by atoms with Crippen molar-refractivity contribution in [3.8, 4) is 5.75 Å². The molecule has 1 amide bonds. The predicted octanol–water partition coefficient (Wildman–Crippen LogP) is 3.94. The number of pyridine rings is 1. The van der Waals surface area contributed by atoms with Gasteiger partial charge in [0.2, 0.25) is 0 Å². The summed E-state index contributed by atoms with van der Waals surface area (Å²) in [4.78, 5) is 16.5. The molecule has 2 aromatic rings. The van der Waals surface area contributed by atoms with Crippen LogP contribution in [0.1, 0.15) is 36.5 Å². The molecule has 0 aliphatic rings. The number of nitrogens with one attached hydrogen (secondary N) is 2. The molecule has 0 spiro atoms. The second kappa shape index (κ2) is 8.78. The standard InChI is InChI=1S/C18H23N3O2/c1-3-4-5-12-19-17-11-6-14(13-20-17)18(22)21-15-7-9-16(23-2)10-8-15/h6-11,13H,3-5,12H2,1-2H3,(H,19,20)(H,21,22). The Labute approximate surface area is 137 Å². The summed E-state index contributed by atoms with van der Waals surface area (Å²) in [6.45, 7) is 3.08. The summed E-state index contributed by atoms with van der Waals surface area (Å²) in [6, 6.07) is 10.8. The molecule has 0 atom stereocenters. The largest absolute Gasteiger partial charge is 0.497 e. The van der Waals surface area contributed by atoms with E-state index in [-0.39, 0.29) is 5.91 Å². The van der Waals surface area contributed by atoms with Gasteiger partial charge in [0.15, 0.2) is 0 Å². The molecule has 5 nitrogen and oxygen atoms in total. The van der Waals surface area contributed by atoms with Crippen LogP contribution in [0.3, 0.4) is 0 Å². The van der Waals surface area contributed by atoms with Gasteiger partial charge in [-0.1, -0.05) is 19.8 Å². The number of unbranched alkanes of at least 4 members (excludes halogenated alkanes) is 2. The van der Waals surface area contributed by atoms with E-state index in [4.69, 9.17) is 4.74 Å². The number of benzene rings is 1. The quantitative estimate of drug-likeness (QED) is 0.724. The van der Waals surface area contributed by atoms with Crippen molar-refractivity contribution >= 4 is 17.4 Å². The van der Waals surface area contributed by atoms with Gasteiger partial charge in [0.25, 0.3) is 5.91 Å². The number of ether oxygens (including phenoxy) is 1. The van der Waals surface area contributed by atoms with Crippen molar-refractivity contribution < 1.29 is 9.53 Å². The second-order valence-corrected chi connectivity index (χ2v) is 5.25. The summed E-state index contributed by atoms with van der Waals surface area (Å²) in [6.07, 6.45) is 5.10. The van der Waals surface area contributed by atoms with Gasteiger partial charge < -0.3 is 15.4 Å². The molecule has 0 aliphatic heterocycles. The first kappa shape index (κ1) is 16.8. The van der Waals surface area contributed by atoms with E-state index in [0.717, 1.165) is 30.2 Å². The van der Waals surface area contributed by atoms with Crippen LogP contribution in [0.2, 0.25) is 0 Å². The van der Waals surface area contributed by atoms with Crippen LogP contribution in [0.15, 0.2) is 42.6 Å². The third kappa shape index (κ3) is 5.29. The van der Waals surface area contributed by atoms with Crippen molar-refractivity contribution in [2.24, 2.45) is 0 Å². The molecule has 122 valence electrons. The Balaban J connectivity index is 1.88. The molecule has 2 N–H and O–H groups in total. The Morgan fingerprint density at radius 1 is 1.13 bits per heavy atom. The fourth-order valence-corrected chi connectivity index (χ4v) is 2.10. The van der Waals surface area contributed by atoms with Crippen molar-refractivity contribution in [3.05, 3.63) is 48.2 Å². The zero-order valence-electron chi connectivity index (χ0n) is 13.6. The molecular weight excluding hydrogens is 290 g/mol. The Morgan fingerprint density at radius 3 is 2.52 bits per heavy atom. The van der Waals surface area contributed by atoms with Crippen molar-refractivity contribution in [2.45, 2.75) is 26.2 Å². The Bertz CT molecular complexity index is 609. The molecule has 0 fully saturated rings. The Hall–Kier alpha value is -2.56. The maximum atomic E-state index is 12.2. The van der Waals surface area contributed by atoms with E-state index in [1.165, 1.54) is 12.8 Å². The second-order valence-electron chi connectivity index (χ2n) is 5.25. The monoisotopic (exact) mass is 313 g/mol. The molecule has 23 heavy (non-hydrogen) atoms. The summed E-state index contributed by atoms with van der Waals surface area (Å²) < 4.78 is 5.09. The van der Waals surface area contributed by atoms with Gasteiger partial charge in [-0.15, -0.1) is 0 Å². The molecule has 0 saturated heterocycles. The van der Waals surface area contributed by atoms with E-state index >= 15 is 0 Å². The van der Waals surface area contributed by atoms with Gasteiger partial charge in [-0.2, -0.15) is 0 Å². The van der Waals surface area contributed by atoms with Crippen LogP contribution in [0.5, 0.6) is 5.75 Å². The van der Waals surface area contributed by atoms with Crippen molar-refractivity contribution in [1.29, 1.82) is 0 Å². The van der Waals surface area contributed by atoms with E-state index in [9.17, 15) is 4.79 Å². The molecule has 1 heterocycles. The zero-order valence-corrected chi connectivity index (χ0v) is 13.6. The van der Waals surface area contributed by atoms with E-state index in [2.05, 4.69) is 22.5 Å². The molecule has 1 aromatic carbocycles. The number of rotatable bonds is 8. The minimum atomic E-state index is -0.180. The molecule has 0 saturated carbocycles. The van der Waals surface area contributed by atoms with E-state index in [0.29, 0.717) is 5.56 Å². The maximum absolute atomic E-state index is 12.2. The fourth-order valence-electron chi connectivity index (χ4n) is 2.10. The number of hydrogen-bond acceptors (Lipinski definition) is 4. The number of methoxy groups -OCH3 is 1. The summed E-state index contributed by atoms with van der Waals surface area (Å²) in [5.74, 6) is 1.37. The highest BCUT2D eigenvalue weighted by Gasteiger charge is 2.07. The van der Waals surface area contributed by atoms with Crippen LogP contribution in [0.4, 0.5) is 11.5 Å². The lowest BCUT2D eigenvalue weighted by Crippen LogP contribution is -2.12. The number of amides is 1. The highest BCUT2D eigenvalue weighted by molar-refractivity contribution is 6.04. The molecule has 0 bridgehead atoms. The first-order chi connectivity index (χ1) is 11.2. The minimum Gasteiger partial charge on any atom is -0.497 e. The normalized spacial score (nSPS) is 10.2. The molecule has 5 heteroatoms. The van der Waals surface area contributed by atoms with E-state index in [1.54, 1.807) is 43.6 Å².